The number of hydrogen-bond donors (Lipinski definition) is 3. The van der Waals surface area contributed by atoms with Gasteiger partial charge in [0.2, 0.25) is 0 Å². The van der Waals surface area contributed by atoms with E-state index in [0.29, 0.717) is 30.4 Å². The summed E-state index contributed by atoms with van der Waals surface area (Å²) in [5.41, 5.74) is 4.71. The molecule has 4 heterocycles. The molecule has 2 aromatic carbocycles. The van der Waals surface area contributed by atoms with Crippen LogP contribution in [-0.4, -0.2) is 58.3 Å². The van der Waals surface area contributed by atoms with E-state index in [4.69, 9.17) is 19.4 Å². The Kier molecular flexibility index (Phi) is 9.73. The van der Waals surface area contributed by atoms with Gasteiger partial charge in [-0.1, -0.05) is 24.6 Å². The van der Waals surface area contributed by atoms with Gasteiger partial charge < -0.3 is 29.5 Å². The number of aromatic amines is 1. The smallest absolute Gasteiger partial charge is 0.395 e. The lowest BCUT2D eigenvalue weighted by Crippen LogP contribution is -2.21. The summed E-state index contributed by atoms with van der Waals surface area (Å²) < 4.78 is 13.8. The zero-order valence-electron chi connectivity index (χ0n) is 25.8. The van der Waals surface area contributed by atoms with E-state index in [1.165, 1.54) is 4.70 Å². The van der Waals surface area contributed by atoms with Crippen LogP contribution in [0.1, 0.15) is 51.1 Å². The van der Waals surface area contributed by atoms with E-state index >= 15 is 0 Å². The molecule has 12 heteroatoms. The zero-order chi connectivity index (χ0) is 31.2. The SMILES string of the molecule is CO[B]NCCCCCC(=O)Oc1ccc2[nH]cc(CCNc3nc(-c4csc5ccccc45)nc4c3ncn4C(C)C)c2c1. The number of hydrogen-bond acceptors (Lipinski definition) is 9. The van der Waals surface area contributed by atoms with Gasteiger partial charge in [-0.3, -0.25) is 4.79 Å². The number of H-pyrrole nitrogens is 1. The van der Waals surface area contributed by atoms with E-state index in [-0.39, 0.29) is 12.0 Å². The van der Waals surface area contributed by atoms with Crippen LogP contribution in [0.25, 0.3) is 43.5 Å². The monoisotopic (exact) mass is 622 g/mol. The van der Waals surface area contributed by atoms with Gasteiger partial charge in [0.15, 0.2) is 17.3 Å². The summed E-state index contributed by atoms with van der Waals surface area (Å²) in [4.78, 5) is 30.5. The molecule has 1 radical (unpaired) electrons. The topological polar surface area (TPSA) is 119 Å². The maximum Gasteiger partial charge on any atom is 0.395 e. The molecule has 0 fully saturated rings. The fraction of sp³-hybridized carbons (Fsp3) is 0.333. The van der Waals surface area contributed by atoms with Crippen LogP contribution in [0.2, 0.25) is 0 Å². The number of rotatable bonds is 15. The van der Waals surface area contributed by atoms with Gasteiger partial charge in [0.05, 0.1) is 6.33 Å². The predicted molar refractivity (Wildman–Crippen MR) is 182 cm³/mol. The summed E-state index contributed by atoms with van der Waals surface area (Å²) in [6.45, 7) is 5.71. The van der Waals surface area contributed by atoms with Gasteiger partial charge >= 0.3 is 13.6 Å². The first-order chi connectivity index (χ1) is 22.0. The highest BCUT2D eigenvalue weighted by Crippen LogP contribution is 2.34. The van der Waals surface area contributed by atoms with Crippen molar-refractivity contribution in [2.75, 3.05) is 25.5 Å². The van der Waals surface area contributed by atoms with Crippen LogP contribution in [0.3, 0.4) is 0 Å². The maximum atomic E-state index is 12.5. The molecule has 0 amide bonds. The van der Waals surface area contributed by atoms with Crippen molar-refractivity contribution in [1.29, 1.82) is 0 Å². The molecule has 0 spiro atoms. The van der Waals surface area contributed by atoms with Gasteiger partial charge in [-0.2, -0.15) is 0 Å². The number of nitrogens with one attached hydrogen (secondary N) is 3. The van der Waals surface area contributed by atoms with E-state index in [9.17, 15) is 4.79 Å². The van der Waals surface area contributed by atoms with Crippen LogP contribution in [0.15, 0.2) is 60.4 Å². The fourth-order valence-electron chi connectivity index (χ4n) is 5.43. The minimum Gasteiger partial charge on any atom is -0.427 e. The molecule has 45 heavy (non-hydrogen) atoms. The molecule has 231 valence electrons. The third kappa shape index (κ3) is 7.03. The second-order valence-corrected chi connectivity index (χ2v) is 12.2. The van der Waals surface area contributed by atoms with Crippen molar-refractivity contribution < 1.29 is 14.2 Å². The van der Waals surface area contributed by atoms with Crippen molar-refractivity contribution in [3.05, 3.63) is 65.9 Å². The number of aromatic nitrogens is 5. The molecule has 10 nitrogen and oxygen atoms in total. The van der Waals surface area contributed by atoms with E-state index in [1.807, 2.05) is 36.8 Å². The number of thiophene rings is 1. The number of ether oxygens (including phenoxy) is 1. The highest BCUT2D eigenvalue weighted by Gasteiger charge is 2.18. The first kappa shape index (κ1) is 30.8. The van der Waals surface area contributed by atoms with Gasteiger partial charge in [0.1, 0.15) is 11.3 Å². The van der Waals surface area contributed by atoms with Gasteiger partial charge in [-0.25, -0.2) is 15.0 Å². The number of carbonyl (C=O) groups is 1. The molecule has 0 aliphatic heterocycles. The predicted octanol–water partition coefficient (Wildman–Crippen LogP) is 6.66. The first-order valence-electron chi connectivity index (χ1n) is 15.4. The highest BCUT2D eigenvalue weighted by molar-refractivity contribution is 7.17. The summed E-state index contributed by atoms with van der Waals surface area (Å²) in [6.07, 6.45) is 7.66. The number of fused-ring (bicyclic) bond motifs is 3. The number of carbonyl (C=O) groups excluding carboxylic acids is 1. The molecule has 0 aliphatic rings. The van der Waals surface area contributed by atoms with Gasteiger partial charge in [0.25, 0.3) is 0 Å². The van der Waals surface area contributed by atoms with Crippen LogP contribution in [0.4, 0.5) is 5.82 Å². The third-order valence-corrected chi connectivity index (χ3v) is 8.72. The molecule has 6 rings (SSSR count). The molecule has 6 aromatic rings. The van der Waals surface area contributed by atoms with Crippen molar-refractivity contribution in [3.8, 4) is 17.1 Å². The van der Waals surface area contributed by atoms with Crippen LogP contribution in [-0.2, 0) is 15.9 Å². The Balaban J connectivity index is 1.14. The fourth-order valence-corrected chi connectivity index (χ4v) is 6.37. The molecule has 0 atom stereocenters. The van der Waals surface area contributed by atoms with E-state index in [1.54, 1.807) is 26.1 Å². The summed E-state index contributed by atoms with van der Waals surface area (Å²) >= 11 is 1.70. The molecule has 0 bridgehead atoms. The zero-order valence-corrected chi connectivity index (χ0v) is 26.6. The van der Waals surface area contributed by atoms with E-state index < -0.39 is 0 Å². The summed E-state index contributed by atoms with van der Waals surface area (Å²) in [6, 6.07) is 14.3. The number of imidazole rings is 1. The van der Waals surface area contributed by atoms with Crippen molar-refractivity contribution in [2.45, 2.75) is 52.0 Å². The lowest BCUT2D eigenvalue weighted by atomic mass is 10.1. The minimum atomic E-state index is -0.215. The van der Waals surface area contributed by atoms with Gasteiger partial charge in [0, 0.05) is 64.2 Å². The molecule has 4 aromatic heterocycles. The number of unbranched alkanes of at least 4 members (excludes halogenated alkanes) is 2. The van der Waals surface area contributed by atoms with Crippen LogP contribution >= 0.6 is 11.3 Å². The Bertz CT molecular complexity index is 1910. The van der Waals surface area contributed by atoms with Crippen molar-refractivity contribution in [1.82, 2.24) is 29.7 Å². The van der Waals surface area contributed by atoms with Crippen molar-refractivity contribution >= 4 is 62.9 Å². The molecule has 3 N–H and O–H groups in total. The number of nitrogens with zero attached hydrogens (tertiary/aromatic N) is 4. The second-order valence-electron chi connectivity index (χ2n) is 11.2. The molecule has 0 unspecified atom stereocenters. The van der Waals surface area contributed by atoms with Crippen LogP contribution < -0.4 is 15.3 Å². The molecule has 0 saturated carbocycles. The van der Waals surface area contributed by atoms with Crippen molar-refractivity contribution in [2.24, 2.45) is 0 Å². The maximum absolute atomic E-state index is 12.5. The summed E-state index contributed by atoms with van der Waals surface area (Å²) in [5.74, 6) is 1.74. The molecule has 0 aliphatic carbocycles. The molecular formula is C33H37BN7O3S. The Hall–Kier alpha value is -4.26. The Morgan fingerprint density at radius 3 is 2.84 bits per heavy atom. The van der Waals surface area contributed by atoms with Crippen molar-refractivity contribution in [3.63, 3.8) is 0 Å². The summed E-state index contributed by atoms with van der Waals surface area (Å²) in [5, 5.41) is 10.9. The second kappa shape index (κ2) is 14.2. The summed E-state index contributed by atoms with van der Waals surface area (Å²) in [7, 11) is 3.17. The normalized spacial score (nSPS) is 11.6. The third-order valence-electron chi connectivity index (χ3n) is 7.76. The molecular weight excluding hydrogens is 585 g/mol. The number of anilines is 1. The average Bonchev–Trinajstić information content (AvgIpc) is 3.77. The van der Waals surface area contributed by atoms with Gasteiger partial charge in [-0.15, -0.1) is 11.3 Å². The number of benzene rings is 2. The lowest BCUT2D eigenvalue weighted by Gasteiger charge is -2.11. The highest BCUT2D eigenvalue weighted by atomic mass is 32.1. The van der Waals surface area contributed by atoms with E-state index in [0.717, 1.165) is 70.8 Å². The van der Waals surface area contributed by atoms with E-state index in [2.05, 4.69) is 62.5 Å². The van der Waals surface area contributed by atoms with Crippen LogP contribution in [0, 0.1) is 0 Å². The Morgan fingerprint density at radius 2 is 1.98 bits per heavy atom. The average molecular weight is 623 g/mol. The largest absolute Gasteiger partial charge is 0.427 e. The lowest BCUT2D eigenvalue weighted by molar-refractivity contribution is -0.134. The first-order valence-corrected chi connectivity index (χ1v) is 16.2. The minimum absolute atomic E-state index is 0.210. The Morgan fingerprint density at radius 1 is 1.09 bits per heavy atom. The van der Waals surface area contributed by atoms with Gasteiger partial charge in [-0.05, 0) is 69.5 Å². The quantitative estimate of drug-likeness (QED) is 0.0504. The Labute approximate surface area is 266 Å². The standard InChI is InChI=1S/C33H37BN7O3S/c1-21(2)41-20-37-30-32(39-31(40-33(30)41)26-19-45-28-10-7-6-9-24(26)28)35-16-14-22-18-36-27-13-12-23(17-25(22)27)44-29(42)11-5-4-8-15-38-34-43-3/h6-7,9-10,12-13,17-21,36,38H,4-5,8,11,14-16H2,1-3H3,(H,35,39,40). The number of esters is 1. The molecule has 0 saturated heterocycles. The van der Waals surface area contributed by atoms with Crippen LogP contribution in [0.5, 0.6) is 5.75 Å².